The van der Waals surface area contributed by atoms with Gasteiger partial charge >= 0.3 is 0 Å². The Bertz CT molecular complexity index is 361. The van der Waals surface area contributed by atoms with Crippen molar-refractivity contribution in [2.75, 3.05) is 18.9 Å². The summed E-state index contributed by atoms with van der Waals surface area (Å²) in [6.45, 7) is 12.1. The van der Waals surface area contributed by atoms with Gasteiger partial charge in [-0.05, 0) is 37.9 Å². The van der Waals surface area contributed by atoms with Crippen molar-refractivity contribution in [2.24, 2.45) is 0 Å². The van der Waals surface area contributed by atoms with Crippen LogP contribution in [0.25, 0.3) is 0 Å². The van der Waals surface area contributed by atoms with Gasteiger partial charge in [-0.1, -0.05) is 39.0 Å². The first kappa shape index (κ1) is 14.0. The summed E-state index contributed by atoms with van der Waals surface area (Å²) in [6.07, 6.45) is 0. The van der Waals surface area contributed by atoms with Crippen molar-refractivity contribution in [1.82, 2.24) is 5.32 Å². The molecule has 0 aliphatic carbocycles. The molecule has 1 aromatic carbocycles. The van der Waals surface area contributed by atoms with E-state index in [4.69, 9.17) is 0 Å². The Kier molecular flexibility index (Phi) is 4.21. The summed E-state index contributed by atoms with van der Waals surface area (Å²) in [7, 11) is 1.99. The third-order valence-electron chi connectivity index (χ3n) is 2.83. The van der Waals surface area contributed by atoms with Crippen molar-refractivity contribution in [3.63, 3.8) is 0 Å². The third-order valence-corrected chi connectivity index (χ3v) is 2.83. The highest BCUT2D eigenvalue weighted by molar-refractivity contribution is 5.55. The highest BCUT2D eigenvalue weighted by Crippen LogP contribution is 2.30. The van der Waals surface area contributed by atoms with Crippen molar-refractivity contribution in [3.05, 3.63) is 29.8 Å². The second-order valence-electron chi connectivity index (χ2n) is 6.33. The van der Waals surface area contributed by atoms with Crippen molar-refractivity contribution in [3.8, 4) is 0 Å². The lowest BCUT2D eigenvalue weighted by molar-refractivity contribution is 0.525. The Morgan fingerprint density at radius 1 is 1.00 bits per heavy atom. The molecule has 0 saturated heterocycles. The molecule has 0 atom stereocenters. The van der Waals surface area contributed by atoms with E-state index < -0.39 is 0 Å². The van der Waals surface area contributed by atoms with Crippen LogP contribution in [0.15, 0.2) is 24.3 Å². The van der Waals surface area contributed by atoms with Crippen LogP contribution in [0.1, 0.15) is 40.2 Å². The van der Waals surface area contributed by atoms with Crippen molar-refractivity contribution < 1.29 is 0 Å². The Balaban J connectivity index is 2.99. The molecule has 0 radical (unpaired) electrons. The first-order chi connectivity index (χ1) is 7.76. The minimum absolute atomic E-state index is 0.0517. The van der Waals surface area contributed by atoms with Gasteiger partial charge in [-0.3, -0.25) is 0 Å². The third kappa shape index (κ3) is 4.04. The molecule has 0 fully saturated rings. The molecule has 96 valence electrons. The zero-order valence-corrected chi connectivity index (χ0v) is 12.0. The fourth-order valence-electron chi connectivity index (χ4n) is 2.10. The van der Waals surface area contributed by atoms with Crippen LogP contribution in [0.5, 0.6) is 0 Å². The monoisotopic (exact) mass is 234 g/mol. The molecule has 0 saturated carbocycles. The lowest BCUT2D eigenvalue weighted by atomic mass is 9.85. The largest absolute Gasteiger partial charge is 0.379 e. The van der Waals surface area contributed by atoms with Gasteiger partial charge in [0.2, 0.25) is 0 Å². The average Bonchev–Trinajstić information content (AvgIpc) is 2.15. The molecule has 17 heavy (non-hydrogen) atoms. The highest BCUT2D eigenvalue weighted by Gasteiger charge is 2.22. The SMILES string of the molecule is CNCC(C)(C)Nc1ccccc1C(C)(C)C. The van der Waals surface area contributed by atoms with E-state index in [1.807, 2.05) is 7.05 Å². The number of hydrogen-bond donors (Lipinski definition) is 2. The van der Waals surface area contributed by atoms with Crippen LogP contribution in [-0.4, -0.2) is 19.1 Å². The van der Waals surface area contributed by atoms with Crippen LogP contribution in [0.2, 0.25) is 0 Å². The van der Waals surface area contributed by atoms with Gasteiger partial charge in [-0.25, -0.2) is 0 Å². The Hall–Kier alpha value is -1.02. The molecular formula is C15H26N2. The molecule has 2 N–H and O–H groups in total. The summed E-state index contributed by atoms with van der Waals surface area (Å²) >= 11 is 0. The molecule has 0 aliphatic rings. The van der Waals surface area contributed by atoms with Crippen LogP contribution in [0.4, 0.5) is 5.69 Å². The summed E-state index contributed by atoms with van der Waals surface area (Å²) in [5.41, 5.74) is 2.82. The predicted octanol–water partition coefficient (Wildman–Crippen LogP) is 3.39. The van der Waals surface area contributed by atoms with Gasteiger partial charge < -0.3 is 10.6 Å². The van der Waals surface area contributed by atoms with E-state index in [1.165, 1.54) is 11.3 Å². The van der Waals surface area contributed by atoms with Crippen LogP contribution in [0.3, 0.4) is 0 Å². The molecule has 1 rings (SSSR count). The van der Waals surface area contributed by atoms with Crippen LogP contribution in [-0.2, 0) is 5.41 Å². The van der Waals surface area contributed by atoms with Gasteiger partial charge in [0.15, 0.2) is 0 Å². The van der Waals surface area contributed by atoms with Gasteiger partial charge in [0.05, 0.1) is 0 Å². The van der Waals surface area contributed by atoms with Crippen LogP contribution < -0.4 is 10.6 Å². The Morgan fingerprint density at radius 3 is 2.12 bits per heavy atom. The smallest absolute Gasteiger partial charge is 0.0441 e. The van der Waals surface area contributed by atoms with E-state index in [1.54, 1.807) is 0 Å². The fourth-order valence-corrected chi connectivity index (χ4v) is 2.10. The number of hydrogen-bond acceptors (Lipinski definition) is 2. The van der Waals surface area contributed by atoms with E-state index >= 15 is 0 Å². The molecule has 0 bridgehead atoms. The number of likely N-dealkylation sites (N-methyl/N-ethyl adjacent to an activating group) is 1. The molecule has 0 heterocycles. The quantitative estimate of drug-likeness (QED) is 0.834. The number of benzene rings is 1. The van der Waals surface area contributed by atoms with Gasteiger partial charge in [0, 0.05) is 17.8 Å². The lowest BCUT2D eigenvalue weighted by Gasteiger charge is -2.31. The number of para-hydroxylation sites is 1. The normalized spacial score (nSPS) is 12.6. The van der Waals surface area contributed by atoms with Crippen molar-refractivity contribution in [2.45, 2.75) is 45.6 Å². The molecule has 0 aliphatic heterocycles. The first-order valence-electron chi connectivity index (χ1n) is 6.28. The number of anilines is 1. The maximum Gasteiger partial charge on any atom is 0.0441 e. The zero-order valence-electron chi connectivity index (χ0n) is 12.0. The maximum atomic E-state index is 3.63. The summed E-state index contributed by atoms with van der Waals surface area (Å²) in [5, 5.41) is 6.86. The maximum absolute atomic E-state index is 3.63. The van der Waals surface area contributed by atoms with E-state index in [0.29, 0.717) is 0 Å². The van der Waals surface area contributed by atoms with Crippen LogP contribution in [0, 0.1) is 0 Å². The van der Waals surface area contributed by atoms with Crippen molar-refractivity contribution in [1.29, 1.82) is 0 Å². The number of rotatable bonds is 4. The predicted molar refractivity (Wildman–Crippen MR) is 76.8 cm³/mol. The summed E-state index contributed by atoms with van der Waals surface area (Å²) in [4.78, 5) is 0. The average molecular weight is 234 g/mol. The van der Waals surface area contributed by atoms with Crippen LogP contribution >= 0.6 is 0 Å². The fraction of sp³-hybridized carbons (Fsp3) is 0.600. The topological polar surface area (TPSA) is 24.1 Å². The molecule has 0 unspecified atom stereocenters. The van der Waals surface area contributed by atoms with Gasteiger partial charge in [0.1, 0.15) is 0 Å². The molecule has 2 heteroatoms. The van der Waals surface area contributed by atoms with E-state index in [9.17, 15) is 0 Å². The molecule has 0 amide bonds. The minimum Gasteiger partial charge on any atom is -0.379 e. The minimum atomic E-state index is 0.0517. The summed E-state index contributed by atoms with van der Waals surface area (Å²) in [5.74, 6) is 0. The Morgan fingerprint density at radius 2 is 1.59 bits per heavy atom. The summed E-state index contributed by atoms with van der Waals surface area (Å²) < 4.78 is 0. The molecule has 2 nitrogen and oxygen atoms in total. The number of nitrogens with one attached hydrogen (secondary N) is 2. The standard InChI is InChI=1S/C15H26N2/c1-14(2,3)12-9-7-8-10-13(12)17-15(4,5)11-16-6/h7-10,16-17H,11H2,1-6H3. The lowest BCUT2D eigenvalue weighted by Crippen LogP contribution is -2.41. The second kappa shape index (κ2) is 5.09. The zero-order chi connectivity index (χ0) is 13.1. The van der Waals surface area contributed by atoms with E-state index in [-0.39, 0.29) is 11.0 Å². The molecule has 0 spiro atoms. The van der Waals surface area contributed by atoms with Gasteiger partial charge in [-0.15, -0.1) is 0 Å². The molecule has 0 aromatic heterocycles. The van der Waals surface area contributed by atoms with Gasteiger partial charge in [0.25, 0.3) is 0 Å². The van der Waals surface area contributed by atoms with Crippen molar-refractivity contribution >= 4 is 5.69 Å². The van der Waals surface area contributed by atoms with E-state index in [2.05, 4.69) is 69.5 Å². The highest BCUT2D eigenvalue weighted by atomic mass is 15.0. The van der Waals surface area contributed by atoms with E-state index in [0.717, 1.165) is 6.54 Å². The molecule has 1 aromatic rings. The molecular weight excluding hydrogens is 208 g/mol. The second-order valence-corrected chi connectivity index (χ2v) is 6.33. The van der Waals surface area contributed by atoms with Gasteiger partial charge in [-0.2, -0.15) is 0 Å². The Labute approximate surface area is 106 Å². The first-order valence-corrected chi connectivity index (χ1v) is 6.28. The summed E-state index contributed by atoms with van der Waals surface area (Å²) in [6, 6.07) is 8.57.